The van der Waals surface area contributed by atoms with E-state index in [2.05, 4.69) is 48.7 Å². The van der Waals surface area contributed by atoms with Gasteiger partial charge in [0.15, 0.2) is 0 Å². The van der Waals surface area contributed by atoms with Crippen LogP contribution in [0.1, 0.15) is 37.3 Å². The van der Waals surface area contributed by atoms with Crippen LogP contribution in [-0.2, 0) is 6.54 Å². The maximum Gasteiger partial charge on any atom is 0.0205 e. The Morgan fingerprint density at radius 2 is 1.75 bits per heavy atom. The van der Waals surface area contributed by atoms with Gasteiger partial charge in [0.25, 0.3) is 0 Å². The zero-order valence-electron chi connectivity index (χ0n) is 10.7. The van der Waals surface area contributed by atoms with E-state index in [1.54, 1.807) is 0 Å². The van der Waals surface area contributed by atoms with Gasteiger partial charge in [-0.25, -0.2) is 0 Å². The summed E-state index contributed by atoms with van der Waals surface area (Å²) in [4.78, 5) is 0. The molecule has 0 aromatic heterocycles. The Hall–Kier alpha value is -0.860. The fourth-order valence-electron chi connectivity index (χ4n) is 1.64. The van der Waals surface area contributed by atoms with E-state index in [0.29, 0.717) is 5.92 Å². The maximum absolute atomic E-state index is 3.45. The first kappa shape index (κ1) is 13.2. The molecule has 1 aromatic carbocycles. The molecule has 0 aliphatic heterocycles. The fourth-order valence-corrected chi connectivity index (χ4v) is 1.64. The Morgan fingerprint density at radius 3 is 2.31 bits per heavy atom. The van der Waals surface area contributed by atoms with Gasteiger partial charge in [0.05, 0.1) is 0 Å². The molecule has 0 aliphatic carbocycles. The lowest BCUT2D eigenvalue weighted by molar-refractivity contribution is 0.625. The Labute approximate surface area is 99.5 Å². The molecule has 0 saturated heterocycles. The molecule has 2 heteroatoms. The normalized spacial score (nSPS) is 11.0. The Bertz CT molecular complexity index is 277. The number of hydrogen-bond donors (Lipinski definition) is 2. The molecule has 0 atom stereocenters. The lowest BCUT2D eigenvalue weighted by atomic mass is 10.0. The molecule has 90 valence electrons. The molecular weight excluding hydrogens is 196 g/mol. The van der Waals surface area contributed by atoms with Crippen LogP contribution < -0.4 is 10.6 Å². The third-order valence-electron chi connectivity index (χ3n) is 2.76. The molecule has 0 heterocycles. The lowest BCUT2D eigenvalue weighted by Gasteiger charge is -2.08. The summed E-state index contributed by atoms with van der Waals surface area (Å²) >= 11 is 0. The van der Waals surface area contributed by atoms with Gasteiger partial charge in [-0.3, -0.25) is 0 Å². The Balaban J connectivity index is 2.27. The lowest BCUT2D eigenvalue weighted by Crippen LogP contribution is -2.19. The van der Waals surface area contributed by atoms with Gasteiger partial charge in [0.2, 0.25) is 0 Å². The minimum Gasteiger partial charge on any atom is -0.320 e. The van der Waals surface area contributed by atoms with Gasteiger partial charge < -0.3 is 10.6 Å². The van der Waals surface area contributed by atoms with E-state index in [0.717, 1.165) is 19.6 Å². The molecule has 16 heavy (non-hydrogen) atoms. The van der Waals surface area contributed by atoms with Crippen LogP contribution in [0.25, 0.3) is 0 Å². The van der Waals surface area contributed by atoms with Crippen molar-refractivity contribution in [3.8, 4) is 0 Å². The highest BCUT2D eigenvalue weighted by Gasteiger charge is 1.98. The van der Waals surface area contributed by atoms with Crippen molar-refractivity contribution in [2.75, 3.05) is 20.1 Å². The van der Waals surface area contributed by atoms with E-state index in [4.69, 9.17) is 0 Å². The summed E-state index contributed by atoms with van der Waals surface area (Å²) in [5.41, 5.74) is 2.78. The van der Waals surface area contributed by atoms with E-state index >= 15 is 0 Å². The van der Waals surface area contributed by atoms with Gasteiger partial charge in [0.1, 0.15) is 0 Å². The molecular formula is C14H24N2. The van der Waals surface area contributed by atoms with Gasteiger partial charge in [-0.15, -0.1) is 0 Å². The van der Waals surface area contributed by atoms with Crippen molar-refractivity contribution in [3.63, 3.8) is 0 Å². The van der Waals surface area contributed by atoms with Gasteiger partial charge in [-0.1, -0.05) is 38.1 Å². The number of rotatable bonds is 7. The Kier molecular flexibility index (Phi) is 6.12. The van der Waals surface area contributed by atoms with Crippen molar-refractivity contribution in [3.05, 3.63) is 35.4 Å². The summed E-state index contributed by atoms with van der Waals surface area (Å²) in [6.07, 6.45) is 1.18. The van der Waals surface area contributed by atoms with Gasteiger partial charge >= 0.3 is 0 Å². The zero-order chi connectivity index (χ0) is 11.8. The predicted octanol–water partition coefficient (Wildman–Crippen LogP) is 2.51. The number of benzene rings is 1. The zero-order valence-corrected chi connectivity index (χ0v) is 10.7. The minimum absolute atomic E-state index is 0.623. The van der Waals surface area contributed by atoms with Gasteiger partial charge in [-0.05, 0) is 43.6 Å². The van der Waals surface area contributed by atoms with Crippen LogP contribution >= 0.6 is 0 Å². The molecule has 0 bridgehead atoms. The molecule has 0 radical (unpaired) electrons. The fraction of sp³-hybridized carbons (Fsp3) is 0.571. The summed E-state index contributed by atoms with van der Waals surface area (Å²) in [6.45, 7) is 7.59. The van der Waals surface area contributed by atoms with Crippen LogP contribution in [0.5, 0.6) is 0 Å². The van der Waals surface area contributed by atoms with Crippen LogP contribution in [0, 0.1) is 0 Å². The van der Waals surface area contributed by atoms with Crippen LogP contribution in [0.15, 0.2) is 24.3 Å². The number of nitrogens with one attached hydrogen (secondary N) is 2. The standard InChI is InChI=1S/C14H24N2/c1-12(2)14-7-5-13(6-8-14)11-16-10-4-9-15-3/h5-8,12,15-16H,4,9-11H2,1-3H3. The first-order chi connectivity index (χ1) is 7.74. The smallest absolute Gasteiger partial charge is 0.0205 e. The first-order valence-corrected chi connectivity index (χ1v) is 6.18. The van der Waals surface area contributed by atoms with Crippen molar-refractivity contribution in [2.45, 2.75) is 32.7 Å². The van der Waals surface area contributed by atoms with Crippen molar-refractivity contribution in [1.29, 1.82) is 0 Å². The topological polar surface area (TPSA) is 24.1 Å². The van der Waals surface area contributed by atoms with Crippen molar-refractivity contribution >= 4 is 0 Å². The molecule has 2 N–H and O–H groups in total. The monoisotopic (exact) mass is 220 g/mol. The van der Waals surface area contributed by atoms with Crippen LogP contribution in [-0.4, -0.2) is 20.1 Å². The van der Waals surface area contributed by atoms with Crippen molar-refractivity contribution < 1.29 is 0 Å². The molecule has 0 fully saturated rings. The summed E-state index contributed by atoms with van der Waals surface area (Å²) in [5.74, 6) is 0.623. The number of hydrogen-bond acceptors (Lipinski definition) is 2. The molecule has 0 spiro atoms. The highest BCUT2D eigenvalue weighted by atomic mass is 14.9. The van der Waals surface area contributed by atoms with Crippen LogP contribution in [0.2, 0.25) is 0 Å². The Morgan fingerprint density at radius 1 is 1.06 bits per heavy atom. The maximum atomic E-state index is 3.45. The molecule has 0 unspecified atom stereocenters. The second kappa shape index (κ2) is 7.42. The highest BCUT2D eigenvalue weighted by molar-refractivity contribution is 5.24. The van der Waals surface area contributed by atoms with Crippen molar-refractivity contribution in [2.24, 2.45) is 0 Å². The summed E-state index contributed by atoms with van der Waals surface area (Å²) in [6, 6.07) is 8.91. The van der Waals surface area contributed by atoms with E-state index in [1.165, 1.54) is 17.5 Å². The van der Waals surface area contributed by atoms with Gasteiger partial charge in [0, 0.05) is 6.54 Å². The molecule has 0 aliphatic rings. The van der Waals surface area contributed by atoms with E-state index in [-0.39, 0.29) is 0 Å². The minimum atomic E-state index is 0.623. The first-order valence-electron chi connectivity index (χ1n) is 6.18. The average Bonchev–Trinajstić information content (AvgIpc) is 2.29. The van der Waals surface area contributed by atoms with E-state index < -0.39 is 0 Å². The largest absolute Gasteiger partial charge is 0.320 e. The molecule has 0 amide bonds. The van der Waals surface area contributed by atoms with E-state index in [9.17, 15) is 0 Å². The third kappa shape index (κ3) is 4.77. The quantitative estimate of drug-likeness (QED) is 0.690. The predicted molar refractivity (Wildman–Crippen MR) is 70.8 cm³/mol. The summed E-state index contributed by atoms with van der Waals surface area (Å²) in [5, 5.41) is 6.59. The average molecular weight is 220 g/mol. The van der Waals surface area contributed by atoms with Crippen LogP contribution in [0.4, 0.5) is 0 Å². The van der Waals surface area contributed by atoms with Crippen LogP contribution in [0.3, 0.4) is 0 Å². The van der Waals surface area contributed by atoms with E-state index in [1.807, 2.05) is 7.05 Å². The summed E-state index contributed by atoms with van der Waals surface area (Å²) < 4.78 is 0. The molecule has 0 saturated carbocycles. The second-order valence-electron chi connectivity index (χ2n) is 4.53. The van der Waals surface area contributed by atoms with Gasteiger partial charge in [-0.2, -0.15) is 0 Å². The molecule has 2 nitrogen and oxygen atoms in total. The highest BCUT2D eigenvalue weighted by Crippen LogP contribution is 2.14. The molecule has 1 aromatic rings. The summed E-state index contributed by atoms with van der Waals surface area (Å²) in [7, 11) is 1.99. The molecule has 1 rings (SSSR count). The second-order valence-corrected chi connectivity index (χ2v) is 4.53. The SMILES string of the molecule is CNCCCNCc1ccc(C(C)C)cc1. The third-order valence-corrected chi connectivity index (χ3v) is 2.76. The van der Waals surface area contributed by atoms with Crippen molar-refractivity contribution in [1.82, 2.24) is 10.6 Å².